The zero-order chi connectivity index (χ0) is 15.1. The second kappa shape index (κ2) is 5.44. The van der Waals surface area contributed by atoms with Crippen molar-refractivity contribution in [1.82, 2.24) is 0 Å². The minimum absolute atomic E-state index is 0.208. The van der Waals surface area contributed by atoms with Gasteiger partial charge in [-0.25, -0.2) is 12.8 Å². The molecule has 1 aromatic carbocycles. The molecule has 0 radical (unpaired) electrons. The van der Waals surface area contributed by atoms with Gasteiger partial charge in [0.2, 0.25) is 5.91 Å². The lowest BCUT2D eigenvalue weighted by Crippen LogP contribution is -2.44. The number of hydrogen-bond donors (Lipinski definition) is 0. The summed E-state index contributed by atoms with van der Waals surface area (Å²) < 4.78 is 37.8. The number of aryl methyl sites for hydroxylation is 1. The summed E-state index contributed by atoms with van der Waals surface area (Å²) in [5.74, 6) is -1.09. The summed E-state index contributed by atoms with van der Waals surface area (Å²) in [5, 5.41) is -1.17. The SMILES string of the molecule is CC(C(=O)N1CCCc2cc(Br)cc(F)c21)S(C)(=O)=O. The zero-order valence-corrected chi connectivity index (χ0v) is 13.6. The van der Waals surface area contributed by atoms with Crippen LogP contribution in [0.15, 0.2) is 16.6 Å². The number of anilines is 1. The second-order valence-corrected chi connectivity index (χ2v) is 8.24. The van der Waals surface area contributed by atoms with Gasteiger partial charge in [-0.05, 0) is 37.5 Å². The van der Waals surface area contributed by atoms with Gasteiger partial charge in [0, 0.05) is 17.3 Å². The Morgan fingerprint density at radius 2 is 2.10 bits per heavy atom. The Labute approximate surface area is 126 Å². The summed E-state index contributed by atoms with van der Waals surface area (Å²) in [5.41, 5.74) is 0.928. The van der Waals surface area contributed by atoms with Crippen molar-refractivity contribution in [3.05, 3.63) is 28.0 Å². The van der Waals surface area contributed by atoms with E-state index in [9.17, 15) is 17.6 Å². The summed E-state index contributed by atoms with van der Waals surface area (Å²) in [4.78, 5) is 13.6. The van der Waals surface area contributed by atoms with Crippen LogP contribution in [0.2, 0.25) is 0 Å². The Hall–Kier alpha value is -0.950. The fourth-order valence-corrected chi connectivity index (χ4v) is 3.25. The van der Waals surface area contributed by atoms with Crippen LogP contribution in [0.25, 0.3) is 0 Å². The third-order valence-electron chi connectivity index (χ3n) is 3.46. The van der Waals surface area contributed by atoms with Crippen LogP contribution in [0, 0.1) is 5.82 Å². The number of nitrogens with zero attached hydrogens (tertiary/aromatic N) is 1. The molecule has 0 aliphatic carbocycles. The summed E-state index contributed by atoms with van der Waals surface area (Å²) in [7, 11) is -3.50. The highest BCUT2D eigenvalue weighted by atomic mass is 79.9. The van der Waals surface area contributed by atoms with E-state index in [1.54, 1.807) is 6.07 Å². The molecule has 4 nitrogen and oxygen atoms in total. The maximum absolute atomic E-state index is 14.1. The average molecular weight is 364 g/mol. The van der Waals surface area contributed by atoms with E-state index < -0.39 is 26.8 Å². The quantitative estimate of drug-likeness (QED) is 0.809. The van der Waals surface area contributed by atoms with E-state index in [0.717, 1.165) is 11.8 Å². The molecule has 110 valence electrons. The van der Waals surface area contributed by atoms with Crippen LogP contribution in [0.3, 0.4) is 0 Å². The number of amides is 1. The molecule has 0 saturated carbocycles. The Balaban J connectivity index is 2.46. The first-order valence-corrected chi connectivity index (χ1v) is 8.94. The third-order valence-corrected chi connectivity index (χ3v) is 5.40. The van der Waals surface area contributed by atoms with Gasteiger partial charge in [-0.3, -0.25) is 4.79 Å². The first kappa shape index (κ1) is 15.4. The van der Waals surface area contributed by atoms with Gasteiger partial charge in [-0.15, -0.1) is 0 Å². The maximum atomic E-state index is 14.1. The molecule has 1 atom stereocenters. The molecule has 1 unspecified atom stereocenters. The van der Waals surface area contributed by atoms with Gasteiger partial charge < -0.3 is 4.90 Å². The Morgan fingerprint density at radius 1 is 1.45 bits per heavy atom. The highest BCUT2D eigenvalue weighted by Crippen LogP contribution is 2.33. The molecule has 0 saturated heterocycles. The lowest BCUT2D eigenvalue weighted by atomic mass is 10.0. The molecule has 0 fully saturated rings. The summed E-state index contributed by atoms with van der Waals surface area (Å²) in [6.07, 6.45) is 2.37. The third kappa shape index (κ3) is 2.88. The average Bonchev–Trinajstić information content (AvgIpc) is 2.34. The van der Waals surface area contributed by atoms with Crippen molar-refractivity contribution >= 4 is 37.4 Å². The van der Waals surface area contributed by atoms with E-state index in [4.69, 9.17) is 0 Å². The molecule has 1 aliphatic heterocycles. The van der Waals surface area contributed by atoms with Gasteiger partial charge in [0.15, 0.2) is 9.84 Å². The lowest BCUT2D eigenvalue weighted by molar-refractivity contribution is -0.118. The lowest BCUT2D eigenvalue weighted by Gasteiger charge is -2.31. The minimum atomic E-state index is -3.50. The van der Waals surface area contributed by atoms with E-state index in [1.807, 2.05) is 0 Å². The molecule has 1 heterocycles. The van der Waals surface area contributed by atoms with Crippen LogP contribution in [0.5, 0.6) is 0 Å². The van der Waals surface area contributed by atoms with Crippen LogP contribution in [0.4, 0.5) is 10.1 Å². The number of carbonyl (C=O) groups is 1. The molecule has 0 spiro atoms. The first-order chi connectivity index (χ1) is 9.21. The van der Waals surface area contributed by atoms with Crippen molar-refractivity contribution in [3.8, 4) is 0 Å². The van der Waals surface area contributed by atoms with Crippen molar-refractivity contribution in [2.24, 2.45) is 0 Å². The highest BCUT2D eigenvalue weighted by molar-refractivity contribution is 9.10. The van der Waals surface area contributed by atoms with E-state index in [2.05, 4.69) is 15.9 Å². The molecule has 1 amide bonds. The first-order valence-electron chi connectivity index (χ1n) is 6.20. The van der Waals surface area contributed by atoms with Gasteiger partial charge in [-0.1, -0.05) is 15.9 Å². The summed E-state index contributed by atoms with van der Waals surface area (Å²) in [6.45, 7) is 1.67. The van der Waals surface area contributed by atoms with Crippen LogP contribution < -0.4 is 4.90 Å². The summed E-state index contributed by atoms with van der Waals surface area (Å²) in [6, 6.07) is 3.05. The molecular weight excluding hydrogens is 349 g/mol. The van der Waals surface area contributed by atoms with Crippen molar-refractivity contribution in [1.29, 1.82) is 0 Å². The predicted molar refractivity (Wildman–Crippen MR) is 79.1 cm³/mol. The smallest absolute Gasteiger partial charge is 0.245 e. The predicted octanol–water partition coefficient (Wildman–Crippen LogP) is 2.30. The monoisotopic (exact) mass is 363 g/mol. The topological polar surface area (TPSA) is 54.5 Å². The van der Waals surface area contributed by atoms with Gasteiger partial charge in [0.25, 0.3) is 0 Å². The van der Waals surface area contributed by atoms with E-state index in [0.29, 0.717) is 23.9 Å². The van der Waals surface area contributed by atoms with Gasteiger partial charge >= 0.3 is 0 Å². The van der Waals surface area contributed by atoms with Crippen molar-refractivity contribution < 1.29 is 17.6 Å². The van der Waals surface area contributed by atoms with Crippen molar-refractivity contribution in [3.63, 3.8) is 0 Å². The van der Waals surface area contributed by atoms with Gasteiger partial charge in [0.1, 0.15) is 11.1 Å². The molecule has 1 aromatic rings. The fraction of sp³-hybridized carbons (Fsp3) is 0.462. The number of fused-ring (bicyclic) bond motifs is 1. The molecule has 0 bridgehead atoms. The summed E-state index contributed by atoms with van der Waals surface area (Å²) >= 11 is 3.22. The standard InChI is InChI=1S/C13H15BrFNO3S/c1-8(20(2,18)19)13(17)16-5-3-4-9-6-10(14)7-11(15)12(9)16/h6-8H,3-5H2,1-2H3. The van der Waals surface area contributed by atoms with Crippen LogP contribution in [-0.2, 0) is 21.1 Å². The molecule has 0 aromatic heterocycles. The van der Waals surface area contributed by atoms with E-state index in [1.165, 1.54) is 17.9 Å². The molecule has 20 heavy (non-hydrogen) atoms. The Morgan fingerprint density at radius 3 is 2.70 bits per heavy atom. The van der Waals surface area contributed by atoms with Crippen molar-refractivity contribution in [2.75, 3.05) is 17.7 Å². The molecule has 2 rings (SSSR count). The number of halogens is 2. The fourth-order valence-electron chi connectivity index (χ4n) is 2.27. The number of hydrogen-bond acceptors (Lipinski definition) is 3. The van der Waals surface area contributed by atoms with Gasteiger partial charge in [0.05, 0.1) is 5.69 Å². The Bertz CT molecular complexity index is 660. The van der Waals surface area contributed by atoms with Crippen LogP contribution >= 0.6 is 15.9 Å². The molecule has 0 N–H and O–H groups in total. The van der Waals surface area contributed by atoms with E-state index in [-0.39, 0.29) is 5.69 Å². The van der Waals surface area contributed by atoms with Gasteiger partial charge in [-0.2, -0.15) is 0 Å². The number of rotatable bonds is 2. The number of sulfone groups is 1. The Kier molecular flexibility index (Phi) is 4.20. The second-order valence-electron chi connectivity index (χ2n) is 4.96. The van der Waals surface area contributed by atoms with Crippen LogP contribution in [-0.4, -0.2) is 32.4 Å². The normalized spacial score (nSPS) is 16.7. The molecule has 1 aliphatic rings. The number of benzene rings is 1. The maximum Gasteiger partial charge on any atom is 0.245 e. The number of carbonyl (C=O) groups excluding carboxylic acids is 1. The minimum Gasteiger partial charge on any atom is -0.308 e. The highest BCUT2D eigenvalue weighted by Gasteiger charge is 2.33. The van der Waals surface area contributed by atoms with Crippen molar-refractivity contribution in [2.45, 2.75) is 25.0 Å². The van der Waals surface area contributed by atoms with E-state index >= 15 is 0 Å². The zero-order valence-electron chi connectivity index (χ0n) is 11.2. The van der Waals surface area contributed by atoms with Crippen LogP contribution in [0.1, 0.15) is 18.9 Å². The largest absolute Gasteiger partial charge is 0.308 e. The molecular formula is C13H15BrFNO3S. The molecule has 7 heteroatoms.